The Labute approximate surface area is 187 Å². The molecule has 3 rings (SSSR count). The van der Waals surface area contributed by atoms with Gasteiger partial charge in [-0.3, -0.25) is 10.1 Å². The van der Waals surface area contributed by atoms with Crippen LogP contribution in [0.1, 0.15) is 46.1 Å². The van der Waals surface area contributed by atoms with Crippen LogP contribution in [0.3, 0.4) is 0 Å². The molecule has 2 aromatic carbocycles. The lowest BCUT2D eigenvalue weighted by atomic mass is 9.94. The van der Waals surface area contributed by atoms with Crippen molar-refractivity contribution in [3.05, 3.63) is 54.1 Å². The fraction of sp³-hybridized carbons (Fsp3) is 0.375. The van der Waals surface area contributed by atoms with Crippen LogP contribution in [0.2, 0.25) is 0 Å². The third kappa shape index (κ3) is 5.38. The van der Waals surface area contributed by atoms with Crippen molar-refractivity contribution in [3.8, 4) is 11.1 Å². The molecule has 0 bridgehead atoms. The van der Waals surface area contributed by atoms with Gasteiger partial charge in [-0.05, 0) is 69.4 Å². The van der Waals surface area contributed by atoms with E-state index in [0.29, 0.717) is 18.5 Å². The van der Waals surface area contributed by atoms with Crippen molar-refractivity contribution < 1.29 is 19.4 Å². The zero-order valence-corrected chi connectivity index (χ0v) is 18.7. The van der Waals surface area contributed by atoms with Gasteiger partial charge in [0.1, 0.15) is 17.5 Å². The van der Waals surface area contributed by atoms with E-state index in [1.165, 1.54) is 0 Å². The maximum atomic E-state index is 12.1. The van der Waals surface area contributed by atoms with E-state index in [-0.39, 0.29) is 5.84 Å². The molecule has 3 N–H and O–H groups in total. The second kappa shape index (κ2) is 8.90. The van der Waals surface area contributed by atoms with Crippen LogP contribution in [-0.2, 0) is 14.9 Å². The number of alkyl carbamates (subject to hydrolysis) is 1. The van der Waals surface area contributed by atoms with E-state index < -0.39 is 29.1 Å². The first-order valence-corrected chi connectivity index (χ1v) is 10.4. The third-order valence-electron chi connectivity index (χ3n) is 5.27. The van der Waals surface area contributed by atoms with Crippen LogP contribution in [0.5, 0.6) is 0 Å². The molecular weight excluding hydrogens is 408 g/mol. The van der Waals surface area contributed by atoms with Crippen LogP contribution >= 0.6 is 0 Å². The molecule has 0 spiro atoms. The smallest absolute Gasteiger partial charge is 0.413 e. The van der Waals surface area contributed by atoms with Crippen molar-refractivity contribution in [1.29, 1.82) is 5.53 Å². The SMILES string of the molecule is CC(N=N)C(=Nc1ccc(-c2ccc(C3(C(=O)O)CC3)cc2)cc1)NC(=O)OC(C)(C)C. The van der Waals surface area contributed by atoms with Crippen molar-refractivity contribution in [1.82, 2.24) is 5.32 Å². The quantitative estimate of drug-likeness (QED) is 0.317. The summed E-state index contributed by atoms with van der Waals surface area (Å²) < 4.78 is 5.26. The van der Waals surface area contributed by atoms with Gasteiger partial charge in [0.05, 0.1) is 11.1 Å². The Bertz CT molecular complexity index is 1030. The van der Waals surface area contributed by atoms with Crippen LogP contribution in [0, 0.1) is 5.53 Å². The monoisotopic (exact) mass is 436 g/mol. The number of hydrogen-bond donors (Lipinski definition) is 3. The zero-order valence-electron chi connectivity index (χ0n) is 18.7. The lowest BCUT2D eigenvalue weighted by molar-refractivity contribution is -0.140. The van der Waals surface area contributed by atoms with Crippen LogP contribution in [0.4, 0.5) is 10.5 Å². The number of aliphatic imine (C=N–C) groups is 1. The number of ether oxygens (including phenoxy) is 1. The van der Waals surface area contributed by atoms with E-state index in [2.05, 4.69) is 15.4 Å². The van der Waals surface area contributed by atoms with E-state index in [4.69, 9.17) is 10.3 Å². The van der Waals surface area contributed by atoms with E-state index >= 15 is 0 Å². The van der Waals surface area contributed by atoms with Gasteiger partial charge in [0, 0.05) is 0 Å². The summed E-state index contributed by atoms with van der Waals surface area (Å²) in [5.41, 5.74) is 9.26. The predicted molar refractivity (Wildman–Crippen MR) is 122 cm³/mol. The van der Waals surface area contributed by atoms with Crippen molar-refractivity contribution in [2.75, 3.05) is 0 Å². The molecule has 1 aliphatic carbocycles. The van der Waals surface area contributed by atoms with E-state index in [1.807, 2.05) is 36.4 Å². The maximum Gasteiger partial charge on any atom is 0.413 e. The van der Waals surface area contributed by atoms with Crippen molar-refractivity contribution in [2.24, 2.45) is 10.1 Å². The highest BCUT2D eigenvalue weighted by molar-refractivity contribution is 5.99. The Kier molecular flexibility index (Phi) is 6.43. The number of nitrogens with zero attached hydrogens (tertiary/aromatic N) is 2. The molecule has 1 fully saturated rings. The predicted octanol–water partition coefficient (Wildman–Crippen LogP) is 5.44. The van der Waals surface area contributed by atoms with Gasteiger partial charge in [0.2, 0.25) is 0 Å². The summed E-state index contributed by atoms with van der Waals surface area (Å²) >= 11 is 0. The molecule has 0 saturated heterocycles. The van der Waals surface area contributed by atoms with Crippen molar-refractivity contribution >= 4 is 23.6 Å². The van der Waals surface area contributed by atoms with Gasteiger partial charge in [0.15, 0.2) is 0 Å². The normalized spacial score (nSPS) is 16.1. The van der Waals surface area contributed by atoms with E-state index in [9.17, 15) is 14.7 Å². The second-order valence-electron chi connectivity index (χ2n) is 8.94. The number of rotatable bonds is 6. The van der Waals surface area contributed by atoms with Gasteiger partial charge in [-0.1, -0.05) is 36.4 Å². The average molecular weight is 437 g/mol. The lowest BCUT2D eigenvalue weighted by Gasteiger charge is -2.20. The molecule has 0 aromatic heterocycles. The number of nitrogens with one attached hydrogen (secondary N) is 2. The molecule has 8 nitrogen and oxygen atoms in total. The number of amidine groups is 1. The number of carbonyl (C=O) groups excluding carboxylic acids is 1. The zero-order chi connectivity index (χ0) is 23.5. The van der Waals surface area contributed by atoms with Crippen LogP contribution < -0.4 is 5.32 Å². The summed E-state index contributed by atoms with van der Waals surface area (Å²) in [6.45, 7) is 6.94. The van der Waals surface area contributed by atoms with Gasteiger partial charge < -0.3 is 9.84 Å². The highest BCUT2D eigenvalue weighted by atomic mass is 16.6. The molecule has 1 saturated carbocycles. The van der Waals surface area contributed by atoms with E-state index in [1.54, 1.807) is 39.8 Å². The van der Waals surface area contributed by atoms with Gasteiger partial charge in [-0.15, -0.1) is 0 Å². The molecule has 8 heteroatoms. The standard InChI is InChI=1S/C24H28N4O4/c1-15(28-25)20(27-22(31)32-23(2,3)4)26-19-11-7-17(8-12-19)16-5-9-18(10-6-16)24(13-14-24)21(29)30/h5-12,15,25H,13-14H2,1-4H3,(H,29,30)(H,26,27,31). The Balaban J connectivity index is 1.77. The maximum absolute atomic E-state index is 12.1. The fourth-order valence-electron chi connectivity index (χ4n) is 3.30. The molecule has 1 amide bonds. The second-order valence-corrected chi connectivity index (χ2v) is 8.94. The largest absolute Gasteiger partial charge is 0.481 e. The average Bonchev–Trinajstić information content (AvgIpc) is 3.54. The minimum absolute atomic E-state index is 0.217. The molecule has 0 radical (unpaired) electrons. The Hall–Kier alpha value is -3.55. The highest BCUT2D eigenvalue weighted by Crippen LogP contribution is 2.48. The molecule has 32 heavy (non-hydrogen) atoms. The number of carboxylic acid groups (broad SMARTS) is 1. The molecule has 1 aliphatic rings. The molecule has 1 unspecified atom stereocenters. The third-order valence-corrected chi connectivity index (χ3v) is 5.27. The van der Waals surface area contributed by atoms with Gasteiger partial charge in [0.25, 0.3) is 0 Å². The van der Waals surface area contributed by atoms with Crippen LogP contribution in [0.25, 0.3) is 11.1 Å². The van der Waals surface area contributed by atoms with Crippen LogP contribution in [-0.4, -0.2) is 34.6 Å². The Morgan fingerprint density at radius 1 is 1.06 bits per heavy atom. The summed E-state index contributed by atoms with van der Waals surface area (Å²) in [7, 11) is 0. The number of aliphatic carboxylic acids is 1. The summed E-state index contributed by atoms with van der Waals surface area (Å²) in [6, 6.07) is 14.4. The number of carbonyl (C=O) groups is 2. The number of benzene rings is 2. The first kappa shape index (κ1) is 23.1. The molecular formula is C24H28N4O4. The molecule has 168 valence electrons. The number of carboxylic acids is 1. The minimum Gasteiger partial charge on any atom is -0.481 e. The number of hydrogen-bond acceptors (Lipinski definition) is 6. The highest BCUT2D eigenvalue weighted by Gasteiger charge is 2.51. The van der Waals surface area contributed by atoms with Gasteiger partial charge in [-0.2, -0.15) is 5.11 Å². The topological polar surface area (TPSA) is 124 Å². The molecule has 1 atom stereocenters. The summed E-state index contributed by atoms with van der Waals surface area (Å²) in [5, 5.41) is 15.5. The molecule has 0 heterocycles. The minimum atomic E-state index is -0.767. The van der Waals surface area contributed by atoms with Crippen molar-refractivity contribution in [3.63, 3.8) is 0 Å². The fourth-order valence-corrected chi connectivity index (χ4v) is 3.30. The van der Waals surface area contributed by atoms with Crippen LogP contribution in [0.15, 0.2) is 58.6 Å². The summed E-state index contributed by atoms with van der Waals surface area (Å²) in [4.78, 5) is 28.0. The first-order valence-electron chi connectivity index (χ1n) is 10.4. The van der Waals surface area contributed by atoms with Gasteiger partial charge >= 0.3 is 12.1 Å². The molecule has 2 aromatic rings. The lowest BCUT2D eigenvalue weighted by Crippen LogP contribution is -2.40. The Morgan fingerprint density at radius 3 is 2.03 bits per heavy atom. The summed E-state index contributed by atoms with van der Waals surface area (Å²) in [5.74, 6) is -0.549. The number of amides is 1. The first-order chi connectivity index (χ1) is 15.0. The van der Waals surface area contributed by atoms with Crippen molar-refractivity contribution in [2.45, 2.75) is 57.6 Å². The summed E-state index contributed by atoms with van der Waals surface area (Å²) in [6.07, 6.45) is 0.701. The molecule has 0 aliphatic heterocycles. The van der Waals surface area contributed by atoms with Gasteiger partial charge in [-0.25, -0.2) is 15.3 Å². The van der Waals surface area contributed by atoms with E-state index in [0.717, 1.165) is 16.7 Å². The Morgan fingerprint density at radius 2 is 1.59 bits per heavy atom.